The topological polar surface area (TPSA) is 63.8 Å². The van der Waals surface area contributed by atoms with E-state index in [1.165, 1.54) is 0 Å². The van der Waals surface area contributed by atoms with Gasteiger partial charge in [-0.3, -0.25) is 4.98 Å². The molecule has 0 unspecified atom stereocenters. The summed E-state index contributed by atoms with van der Waals surface area (Å²) >= 11 is 0. The van der Waals surface area contributed by atoms with Crippen molar-refractivity contribution >= 4 is 11.0 Å². The van der Waals surface area contributed by atoms with Gasteiger partial charge < -0.3 is 5.11 Å². The molecule has 0 amide bonds. The third-order valence-corrected chi connectivity index (χ3v) is 1.76. The van der Waals surface area contributed by atoms with Gasteiger partial charge in [0.1, 0.15) is 5.52 Å². The molecule has 2 aromatic rings. The number of rotatable bonds is 1. The highest BCUT2D eigenvalue weighted by Gasteiger charge is 2.05. The highest BCUT2D eigenvalue weighted by molar-refractivity contribution is 5.75. The molecule has 2 heterocycles. The van der Waals surface area contributed by atoms with Crippen molar-refractivity contribution in [1.29, 1.82) is 0 Å². The minimum absolute atomic E-state index is 0.101. The fraction of sp³-hybridized carbons (Fsp3) is 0.286. The van der Waals surface area contributed by atoms with Crippen molar-refractivity contribution in [2.45, 2.75) is 6.61 Å². The van der Waals surface area contributed by atoms with Crippen LogP contribution < -0.4 is 0 Å². The average Bonchev–Trinajstić information content (AvgIpc) is 2.48. The number of pyridine rings is 1. The van der Waals surface area contributed by atoms with Crippen molar-refractivity contribution in [1.82, 2.24) is 20.0 Å². The molecule has 0 bridgehead atoms. The minimum atomic E-state index is -0.101. The first-order valence-electron chi connectivity index (χ1n) is 3.57. The molecular formula is C7H8N4O. The third kappa shape index (κ3) is 0.868. The number of fused-ring (bicyclic) bond motifs is 1. The van der Waals surface area contributed by atoms with Crippen molar-refractivity contribution in [3.63, 3.8) is 0 Å². The molecule has 0 aliphatic rings. The van der Waals surface area contributed by atoms with Crippen molar-refractivity contribution in [3.05, 3.63) is 18.0 Å². The number of hydrogen-bond donors (Lipinski definition) is 1. The fourth-order valence-electron chi connectivity index (χ4n) is 1.13. The van der Waals surface area contributed by atoms with Crippen LogP contribution in [0.4, 0.5) is 0 Å². The van der Waals surface area contributed by atoms with E-state index >= 15 is 0 Å². The standard InChI is InChI=1S/C7H8N4O/c1-11-6-2-3-8-5(4-12)7(6)9-10-11/h2-3,12H,4H2,1H3. The molecule has 5 nitrogen and oxygen atoms in total. The molecule has 0 fully saturated rings. The molecular weight excluding hydrogens is 156 g/mol. The Balaban J connectivity index is 2.81. The summed E-state index contributed by atoms with van der Waals surface area (Å²) < 4.78 is 1.65. The number of aliphatic hydroxyl groups is 1. The smallest absolute Gasteiger partial charge is 0.137 e. The summed E-state index contributed by atoms with van der Waals surface area (Å²) in [6, 6.07) is 1.81. The molecule has 1 N–H and O–H groups in total. The molecule has 0 atom stereocenters. The van der Waals surface area contributed by atoms with E-state index in [2.05, 4.69) is 15.3 Å². The molecule has 0 spiro atoms. The molecule has 0 aromatic carbocycles. The maximum atomic E-state index is 8.91. The first kappa shape index (κ1) is 7.17. The number of hydrogen-bond acceptors (Lipinski definition) is 4. The van der Waals surface area contributed by atoms with Gasteiger partial charge in [-0.1, -0.05) is 5.21 Å². The Morgan fingerprint density at radius 2 is 2.42 bits per heavy atom. The maximum absolute atomic E-state index is 8.91. The van der Waals surface area contributed by atoms with Crippen LogP contribution in [0.5, 0.6) is 0 Å². The molecule has 2 rings (SSSR count). The molecule has 0 saturated carbocycles. The van der Waals surface area contributed by atoms with Gasteiger partial charge in [0.2, 0.25) is 0 Å². The van der Waals surface area contributed by atoms with E-state index in [0.717, 1.165) is 5.52 Å². The van der Waals surface area contributed by atoms with E-state index in [-0.39, 0.29) is 6.61 Å². The molecule has 2 aromatic heterocycles. The monoisotopic (exact) mass is 164 g/mol. The lowest BCUT2D eigenvalue weighted by atomic mass is 10.3. The second-order valence-corrected chi connectivity index (χ2v) is 2.50. The van der Waals surface area contributed by atoms with Crippen LogP contribution >= 0.6 is 0 Å². The highest BCUT2D eigenvalue weighted by atomic mass is 16.3. The molecule has 0 aliphatic heterocycles. The Kier molecular flexibility index (Phi) is 1.51. The predicted molar refractivity (Wildman–Crippen MR) is 42.2 cm³/mol. The van der Waals surface area contributed by atoms with Crippen molar-refractivity contribution < 1.29 is 5.11 Å². The van der Waals surface area contributed by atoms with Crippen LogP contribution in [0.3, 0.4) is 0 Å². The first-order valence-corrected chi connectivity index (χ1v) is 3.57. The van der Waals surface area contributed by atoms with Crippen molar-refractivity contribution in [3.8, 4) is 0 Å². The van der Waals surface area contributed by atoms with E-state index in [9.17, 15) is 0 Å². The fourth-order valence-corrected chi connectivity index (χ4v) is 1.13. The third-order valence-electron chi connectivity index (χ3n) is 1.76. The predicted octanol–water partition coefficient (Wildman–Crippen LogP) is -0.144. The summed E-state index contributed by atoms with van der Waals surface area (Å²) in [5, 5.41) is 16.6. The second-order valence-electron chi connectivity index (χ2n) is 2.50. The van der Waals surface area contributed by atoms with E-state index < -0.39 is 0 Å². The molecule has 12 heavy (non-hydrogen) atoms. The van der Waals surface area contributed by atoms with Crippen molar-refractivity contribution in [2.24, 2.45) is 7.05 Å². The number of nitrogens with zero attached hydrogens (tertiary/aromatic N) is 4. The zero-order chi connectivity index (χ0) is 8.55. The molecule has 5 heteroatoms. The van der Waals surface area contributed by atoms with Gasteiger partial charge in [-0.25, -0.2) is 4.68 Å². The molecule has 0 aliphatic carbocycles. The van der Waals surface area contributed by atoms with Gasteiger partial charge in [0.15, 0.2) is 0 Å². The number of aromatic nitrogens is 4. The van der Waals surface area contributed by atoms with E-state index in [1.807, 2.05) is 6.07 Å². The minimum Gasteiger partial charge on any atom is -0.390 e. The highest BCUT2D eigenvalue weighted by Crippen LogP contribution is 2.11. The van der Waals surface area contributed by atoms with Crippen LogP contribution in [0, 0.1) is 0 Å². The zero-order valence-electron chi connectivity index (χ0n) is 6.60. The van der Waals surface area contributed by atoms with Crippen LogP contribution in [-0.4, -0.2) is 25.1 Å². The summed E-state index contributed by atoms with van der Waals surface area (Å²) in [5.41, 5.74) is 2.12. The van der Waals surface area contributed by atoms with Crippen LogP contribution in [0.2, 0.25) is 0 Å². The van der Waals surface area contributed by atoms with Gasteiger partial charge in [-0.15, -0.1) is 5.10 Å². The average molecular weight is 164 g/mol. The Morgan fingerprint density at radius 3 is 3.17 bits per heavy atom. The van der Waals surface area contributed by atoms with Crippen LogP contribution in [-0.2, 0) is 13.7 Å². The van der Waals surface area contributed by atoms with Crippen LogP contribution in [0.15, 0.2) is 12.3 Å². The normalized spacial score (nSPS) is 10.8. The van der Waals surface area contributed by atoms with Gasteiger partial charge in [0.25, 0.3) is 0 Å². The molecule has 62 valence electrons. The van der Waals surface area contributed by atoms with Gasteiger partial charge in [0, 0.05) is 13.2 Å². The lowest BCUT2D eigenvalue weighted by Gasteiger charge is -1.94. The SMILES string of the molecule is Cn1nnc2c(CO)nccc21. The Hall–Kier alpha value is -1.49. The number of aryl methyl sites for hydroxylation is 1. The Bertz CT molecular complexity index is 409. The van der Waals surface area contributed by atoms with Gasteiger partial charge in [0.05, 0.1) is 17.8 Å². The molecule has 0 radical (unpaired) electrons. The van der Waals surface area contributed by atoms with Gasteiger partial charge >= 0.3 is 0 Å². The van der Waals surface area contributed by atoms with Gasteiger partial charge in [-0.2, -0.15) is 0 Å². The largest absolute Gasteiger partial charge is 0.390 e. The molecule has 0 saturated heterocycles. The first-order chi connectivity index (χ1) is 5.83. The second kappa shape index (κ2) is 2.53. The quantitative estimate of drug-likeness (QED) is 0.637. The zero-order valence-corrected chi connectivity index (χ0v) is 6.60. The Morgan fingerprint density at radius 1 is 1.58 bits per heavy atom. The van der Waals surface area contributed by atoms with Crippen LogP contribution in [0.1, 0.15) is 5.69 Å². The van der Waals surface area contributed by atoms with E-state index in [4.69, 9.17) is 5.11 Å². The van der Waals surface area contributed by atoms with E-state index in [1.54, 1.807) is 17.9 Å². The summed E-state index contributed by atoms with van der Waals surface area (Å²) in [6.07, 6.45) is 1.64. The maximum Gasteiger partial charge on any atom is 0.137 e. The Labute approximate surface area is 68.7 Å². The van der Waals surface area contributed by atoms with Crippen molar-refractivity contribution in [2.75, 3.05) is 0 Å². The summed E-state index contributed by atoms with van der Waals surface area (Å²) in [7, 11) is 1.80. The number of aliphatic hydroxyl groups excluding tert-OH is 1. The summed E-state index contributed by atoms with van der Waals surface area (Å²) in [4.78, 5) is 3.97. The van der Waals surface area contributed by atoms with E-state index in [0.29, 0.717) is 11.2 Å². The summed E-state index contributed by atoms with van der Waals surface area (Å²) in [5.74, 6) is 0. The lowest BCUT2D eigenvalue weighted by Crippen LogP contribution is -1.91. The van der Waals surface area contributed by atoms with Crippen LogP contribution in [0.25, 0.3) is 11.0 Å². The lowest BCUT2D eigenvalue weighted by molar-refractivity contribution is 0.278. The van der Waals surface area contributed by atoms with Gasteiger partial charge in [-0.05, 0) is 6.07 Å². The summed E-state index contributed by atoms with van der Waals surface area (Å²) in [6.45, 7) is -0.101.